The summed E-state index contributed by atoms with van der Waals surface area (Å²) in [5, 5.41) is 15.4. The minimum Gasteiger partial charge on any atom is -0.481 e. The van der Waals surface area contributed by atoms with Crippen LogP contribution in [0.2, 0.25) is 0 Å². The van der Waals surface area contributed by atoms with Crippen molar-refractivity contribution in [3.8, 4) is 0 Å². The third-order valence-corrected chi connectivity index (χ3v) is 3.73. The Morgan fingerprint density at radius 3 is 2.55 bits per heavy atom. The summed E-state index contributed by atoms with van der Waals surface area (Å²) in [6, 6.07) is 0.351. The summed E-state index contributed by atoms with van der Waals surface area (Å²) in [7, 11) is 0. The van der Waals surface area contributed by atoms with E-state index in [1.54, 1.807) is 0 Å². The normalized spacial score (nSPS) is 25.0. The van der Waals surface area contributed by atoms with E-state index in [2.05, 4.69) is 17.6 Å². The van der Waals surface area contributed by atoms with Gasteiger partial charge in [-0.25, -0.2) is 0 Å². The summed E-state index contributed by atoms with van der Waals surface area (Å²) < 4.78 is 0. The number of carboxylic acid groups (broad SMARTS) is 1. The topological polar surface area (TPSA) is 78.4 Å². The summed E-state index contributed by atoms with van der Waals surface area (Å²) >= 11 is 0. The fourth-order valence-corrected chi connectivity index (χ4v) is 2.72. The third-order valence-electron chi connectivity index (χ3n) is 3.73. The van der Waals surface area contributed by atoms with Gasteiger partial charge in [0.25, 0.3) is 0 Å². The standard InChI is InChI=1S/C15H28N2O3/c1-10-7-11(5-6-16-10)13(18)17-9-12(14(19)20)8-15(2,3)4/h10-12,16H,5-9H2,1-4H3,(H,17,18)(H,19,20). The highest BCUT2D eigenvalue weighted by Gasteiger charge is 2.28. The first-order valence-electron chi connectivity index (χ1n) is 7.43. The Balaban J connectivity index is 2.46. The molecule has 1 saturated heterocycles. The highest BCUT2D eigenvalue weighted by molar-refractivity contribution is 5.79. The van der Waals surface area contributed by atoms with Crippen molar-refractivity contribution >= 4 is 11.9 Å². The van der Waals surface area contributed by atoms with E-state index in [0.717, 1.165) is 19.4 Å². The molecule has 0 bridgehead atoms. The number of nitrogens with one attached hydrogen (secondary N) is 2. The zero-order chi connectivity index (χ0) is 15.3. The predicted molar refractivity (Wildman–Crippen MR) is 78.4 cm³/mol. The minimum atomic E-state index is -0.834. The lowest BCUT2D eigenvalue weighted by molar-refractivity contribution is -0.142. The Kier molecular flexibility index (Phi) is 5.99. The molecule has 5 heteroatoms. The minimum absolute atomic E-state index is 0.00138. The van der Waals surface area contributed by atoms with E-state index in [-0.39, 0.29) is 23.8 Å². The van der Waals surface area contributed by atoms with E-state index in [1.807, 2.05) is 20.8 Å². The average molecular weight is 284 g/mol. The molecule has 3 unspecified atom stereocenters. The number of hydrogen-bond donors (Lipinski definition) is 3. The van der Waals surface area contributed by atoms with Crippen LogP contribution in [0.15, 0.2) is 0 Å². The largest absolute Gasteiger partial charge is 0.481 e. The summed E-state index contributed by atoms with van der Waals surface area (Å²) in [6.07, 6.45) is 2.21. The smallest absolute Gasteiger partial charge is 0.308 e. The van der Waals surface area contributed by atoms with Crippen LogP contribution < -0.4 is 10.6 Å². The van der Waals surface area contributed by atoms with Crippen LogP contribution in [0.4, 0.5) is 0 Å². The van der Waals surface area contributed by atoms with E-state index in [1.165, 1.54) is 0 Å². The number of aliphatic carboxylic acids is 1. The number of amides is 1. The third kappa shape index (κ3) is 5.90. The van der Waals surface area contributed by atoms with Gasteiger partial charge >= 0.3 is 5.97 Å². The van der Waals surface area contributed by atoms with Gasteiger partial charge < -0.3 is 15.7 Å². The first-order chi connectivity index (χ1) is 9.19. The molecular formula is C15H28N2O3. The number of piperidine rings is 1. The van der Waals surface area contributed by atoms with Crippen molar-refractivity contribution in [2.45, 2.75) is 53.0 Å². The molecule has 1 aliphatic heterocycles. The maximum Gasteiger partial charge on any atom is 0.308 e. The summed E-state index contributed by atoms with van der Waals surface area (Å²) in [6.45, 7) is 9.18. The zero-order valence-electron chi connectivity index (χ0n) is 13.0. The van der Waals surface area contributed by atoms with E-state index in [9.17, 15) is 14.7 Å². The lowest BCUT2D eigenvalue weighted by Crippen LogP contribution is -2.44. The van der Waals surface area contributed by atoms with Gasteiger partial charge in [0.1, 0.15) is 0 Å². The van der Waals surface area contributed by atoms with Crippen LogP contribution in [0, 0.1) is 17.3 Å². The van der Waals surface area contributed by atoms with Crippen LogP contribution in [-0.2, 0) is 9.59 Å². The molecule has 0 aliphatic carbocycles. The van der Waals surface area contributed by atoms with Crippen LogP contribution >= 0.6 is 0 Å². The first-order valence-corrected chi connectivity index (χ1v) is 7.43. The van der Waals surface area contributed by atoms with Gasteiger partial charge in [0.05, 0.1) is 5.92 Å². The number of hydrogen-bond acceptors (Lipinski definition) is 3. The number of carbonyl (C=O) groups excluding carboxylic acids is 1. The molecule has 1 fully saturated rings. The Labute approximate surface area is 121 Å². The SMILES string of the molecule is CC1CC(C(=O)NCC(CC(C)(C)C)C(=O)O)CCN1. The van der Waals surface area contributed by atoms with Crippen molar-refractivity contribution in [2.75, 3.05) is 13.1 Å². The molecule has 0 aromatic rings. The van der Waals surface area contributed by atoms with Gasteiger partial charge in [-0.15, -0.1) is 0 Å². The molecule has 1 aliphatic rings. The van der Waals surface area contributed by atoms with E-state index in [0.29, 0.717) is 12.5 Å². The van der Waals surface area contributed by atoms with Gasteiger partial charge in [-0.05, 0) is 38.1 Å². The molecule has 116 valence electrons. The van der Waals surface area contributed by atoms with Gasteiger partial charge in [-0.1, -0.05) is 20.8 Å². The van der Waals surface area contributed by atoms with Gasteiger partial charge in [0.15, 0.2) is 0 Å². The second-order valence-corrected chi connectivity index (χ2v) is 7.12. The average Bonchev–Trinajstić information content (AvgIpc) is 2.32. The molecule has 0 saturated carbocycles. The molecular weight excluding hydrogens is 256 g/mol. The maximum atomic E-state index is 12.1. The molecule has 1 amide bonds. The van der Waals surface area contributed by atoms with Crippen molar-refractivity contribution < 1.29 is 14.7 Å². The Bertz CT molecular complexity index is 350. The van der Waals surface area contributed by atoms with E-state index in [4.69, 9.17) is 0 Å². The van der Waals surface area contributed by atoms with Crippen LogP contribution in [0.25, 0.3) is 0 Å². The molecule has 1 heterocycles. The van der Waals surface area contributed by atoms with Gasteiger partial charge in [0, 0.05) is 18.5 Å². The van der Waals surface area contributed by atoms with Crippen molar-refractivity contribution in [2.24, 2.45) is 17.3 Å². The van der Waals surface area contributed by atoms with Gasteiger partial charge in [-0.2, -0.15) is 0 Å². The van der Waals surface area contributed by atoms with Crippen molar-refractivity contribution in [1.82, 2.24) is 10.6 Å². The molecule has 0 aromatic heterocycles. The van der Waals surface area contributed by atoms with Gasteiger partial charge in [-0.3, -0.25) is 9.59 Å². The zero-order valence-corrected chi connectivity index (χ0v) is 13.0. The quantitative estimate of drug-likeness (QED) is 0.717. The predicted octanol–water partition coefficient (Wildman–Crippen LogP) is 1.63. The molecule has 0 radical (unpaired) electrons. The summed E-state index contributed by atoms with van der Waals surface area (Å²) in [5.41, 5.74) is -0.0585. The lowest BCUT2D eigenvalue weighted by atomic mass is 9.84. The summed E-state index contributed by atoms with van der Waals surface area (Å²) in [5.74, 6) is -1.34. The van der Waals surface area contributed by atoms with Crippen molar-refractivity contribution in [3.63, 3.8) is 0 Å². The lowest BCUT2D eigenvalue weighted by Gasteiger charge is -2.28. The Morgan fingerprint density at radius 1 is 1.40 bits per heavy atom. The first kappa shape index (κ1) is 17.0. The molecule has 0 spiro atoms. The molecule has 3 N–H and O–H groups in total. The Hall–Kier alpha value is -1.10. The van der Waals surface area contributed by atoms with E-state index >= 15 is 0 Å². The Morgan fingerprint density at radius 2 is 2.05 bits per heavy atom. The number of carboxylic acids is 1. The van der Waals surface area contributed by atoms with Crippen molar-refractivity contribution in [1.29, 1.82) is 0 Å². The molecule has 1 rings (SSSR count). The fraction of sp³-hybridized carbons (Fsp3) is 0.867. The van der Waals surface area contributed by atoms with E-state index < -0.39 is 11.9 Å². The van der Waals surface area contributed by atoms with Crippen molar-refractivity contribution in [3.05, 3.63) is 0 Å². The number of carbonyl (C=O) groups is 2. The monoisotopic (exact) mass is 284 g/mol. The molecule has 20 heavy (non-hydrogen) atoms. The van der Waals surface area contributed by atoms with Crippen LogP contribution in [-0.4, -0.2) is 36.1 Å². The summed E-state index contributed by atoms with van der Waals surface area (Å²) in [4.78, 5) is 23.4. The van der Waals surface area contributed by atoms with Crippen LogP contribution in [0.5, 0.6) is 0 Å². The second-order valence-electron chi connectivity index (χ2n) is 7.12. The molecule has 0 aromatic carbocycles. The fourth-order valence-electron chi connectivity index (χ4n) is 2.72. The number of rotatable bonds is 5. The van der Waals surface area contributed by atoms with Gasteiger partial charge in [0.2, 0.25) is 5.91 Å². The molecule has 3 atom stereocenters. The second kappa shape index (κ2) is 7.07. The van der Waals surface area contributed by atoms with Crippen LogP contribution in [0.1, 0.15) is 47.0 Å². The maximum absolute atomic E-state index is 12.1. The molecule has 5 nitrogen and oxygen atoms in total. The highest BCUT2D eigenvalue weighted by atomic mass is 16.4. The highest BCUT2D eigenvalue weighted by Crippen LogP contribution is 2.24. The van der Waals surface area contributed by atoms with Crippen LogP contribution in [0.3, 0.4) is 0 Å².